The Kier molecular flexibility index (Phi) is 5.02. The molecule has 0 saturated carbocycles. The molecule has 1 aromatic heterocycles. The fraction of sp³-hybridized carbons (Fsp3) is 0.200. The standard InChI is InChI=1S/C20H16Cl2N4O4/c21-17-18(22)25-20(24-12-2-4-14-16(10-12)30-8-6-28-14)26-19(17)23-11-1-3-13-15(9-11)29-7-5-27-13/h1-4,9-10H,5-8H2,(H2,23,24,25,26). The van der Waals surface area contributed by atoms with Crippen molar-refractivity contribution in [3.05, 3.63) is 46.6 Å². The number of aromatic nitrogens is 2. The van der Waals surface area contributed by atoms with Gasteiger partial charge in [-0.2, -0.15) is 9.97 Å². The molecular formula is C20H16Cl2N4O4. The molecule has 0 aliphatic carbocycles. The van der Waals surface area contributed by atoms with Gasteiger partial charge in [-0.05, 0) is 24.3 Å². The molecule has 2 aliphatic heterocycles. The van der Waals surface area contributed by atoms with Gasteiger partial charge in [0.1, 0.15) is 31.5 Å². The fourth-order valence-corrected chi connectivity index (χ4v) is 3.37. The van der Waals surface area contributed by atoms with Gasteiger partial charge in [-0.15, -0.1) is 0 Å². The number of halogens is 2. The summed E-state index contributed by atoms with van der Waals surface area (Å²) in [5.74, 6) is 3.33. The minimum absolute atomic E-state index is 0.117. The van der Waals surface area contributed by atoms with Crippen LogP contribution in [0.3, 0.4) is 0 Å². The first-order chi connectivity index (χ1) is 14.7. The molecule has 154 valence electrons. The number of hydrogen-bond acceptors (Lipinski definition) is 8. The van der Waals surface area contributed by atoms with Crippen LogP contribution < -0.4 is 29.6 Å². The number of hydrogen-bond donors (Lipinski definition) is 2. The van der Waals surface area contributed by atoms with Crippen LogP contribution >= 0.6 is 23.2 Å². The number of nitrogens with one attached hydrogen (secondary N) is 2. The molecule has 0 bridgehead atoms. The van der Waals surface area contributed by atoms with E-state index in [0.29, 0.717) is 55.2 Å². The van der Waals surface area contributed by atoms with Gasteiger partial charge in [0.05, 0.1) is 0 Å². The number of nitrogens with zero attached hydrogens (tertiary/aromatic N) is 2. The summed E-state index contributed by atoms with van der Waals surface area (Å²) in [7, 11) is 0. The molecule has 10 heteroatoms. The second-order valence-electron chi connectivity index (χ2n) is 6.47. The molecule has 3 heterocycles. The molecule has 2 aliphatic rings. The van der Waals surface area contributed by atoms with Gasteiger partial charge in [0.25, 0.3) is 0 Å². The number of fused-ring (bicyclic) bond motifs is 2. The van der Waals surface area contributed by atoms with Gasteiger partial charge in [-0.3, -0.25) is 0 Å². The van der Waals surface area contributed by atoms with Crippen LogP contribution in [0.4, 0.5) is 23.1 Å². The third-order valence-electron chi connectivity index (χ3n) is 4.41. The first-order valence-corrected chi connectivity index (χ1v) is 9.98. The topological polar surface area (TPSA) is 86.8 Å². The van der Waals surface area contributed by atoms with E-state index in [0.717, 1.165) is 11.4 Å². The first kappa shape index (κ1) is 18.9. The summed E-state index contributed by atoms with van der Waals surface area (Å²) < 4.78 is 22.3. The Morgan fingerprint density at radius 1 is 0.667 bits per heavy atom. The van der Waals surface area contributed by atoms with Crippen LogP contribution in [0.1, 0.15) is 0 Å². The van der Waals surface area contributed by atoms with Crippen molar-refractivity contribution in [2.75, 3.05) is 37.1 Å². The lowest BCUT2D eigenvalue weighted by Gasteiger charge is -2.20. The van der Waals surface area contributed by atoms with Crippen LogP contribution in [-0.4, -0.2) is 36.4 Å². The van der Waals surface area contributed by atoms with Crippen LogP contribution in [0.2, 0.25) is 10.2 Å². The van der Waals surface area contributed by atoms with Crippen molar-refractivity contribution in [3.63, 3.8) is 0 Å². The molecule has 3 aromatic rings. The maximum atomic E-state index is 6.32. The van der Waals surface area contributed by atoms with Gasteiger partial charge in [-0.25, -0.2) is 0 Å². The maximum Gasteiger partial charge on any atom is 0.230 e. The van der Waals surface area contributed by atoms with Crippen molar-refractivity contribution in [2.24, 2.45) is 0 Å². The van der Waals surface area contributed by atoms with E-state index >= 15 is 0 Å². The summed E-state index contributed by atoms with van der Waals surface area (Å²) in [4.78, 5) is 8.66. The minimum atomic E-state index is 0.117. The Bertz CT molecular complexity index is 1110. The van der Waals surface area contributed by atoms with Crippen molar-refractivity contribution in [3.8, 4) is 23.0 Å². The lowest BCUT2D eigenvalue weighted by molar-refractivity contribution is 0.171. The van der Waals surface area contributed by atoms with E-state index in [2.05, 4.69) is 20.6 Å². The lowest BCUT2D eigenvalue weighted by Crippen LogP contribution is -2.15. The molecule has 0 saturated heterocycles. The SMILES string of the molecule is Clc1nc(Nc2ccc3c(c2)OCCO3)nc(Nc2ccc3c(c2)OCCO3)c1Cl. The monoisotopic (exact) mass is 446 g/mol. The molecule has 5 rings (SSSR count). The van der Waals surface area contributed by atoms with Gasteiger partial charge < -0.3 is 29.6 Å². The largest absolute Gasteiger partial charge is 0.486 e. The lowest BCUT2D eigenvalue weighted by atomic mass is 10.2. The number of benzene rings is 2. The van der Waals surface area contributed by atoms with E-state index in [-0.39, 0.29) is 16.1 Å². The maximum absolute atomic E-state index is 6.32. The zero-order valence-corrected chi connectivity index (χ0v) is 17.1. The highest BCUT2D eigenvalue weighted by Gasteiger charge is 2.16. The van der Waals surface area contributed by atoms with Crippen molar-refractivity contribution >= 4 is 46.3 Å². The third-order valence-corrected chi connectivity index (χ3v) is 5.14. The number of anilines is 4. The van der Waals surface area contributed by atoms with E-state index in [1.165, 1.54) is 0 Å². The van der Waals surface area contributed by atoms with Gasteiger partial charge in [-0.1, -0.05) is 23.2 Å². The summed E-state index contributed by atoms with van der Waals surface area (Å²) in [6.45, 7) is 2.07. The van der Waals surface area contributed by atoms with Crippen LogP contribution in [0.5, 0.6) is 23.0 Å². The summed E-state index contributed by atoms with van der Waals surface area (Å²) in [6, 6.07) is 11.0. The predicted molar refractivity (Wildman–Crippen MR) is 113 cm³/mol. The van der Waals surface area contributed by atoms with Gasteiger partial charge in [0.2, 0.25) is 5.95 Å². The molecule has 0 spiro atoms. The van der Waals surface area contributed by atoms with Gasteiger partial charge in [0.15, 0.2) is 34.0 Å². The van der Waals surface area contributed by atoms with Crippen LogP contribution in [0, 0.1) is 0 Å². The number of rotatable bonds is 4. The average molecular weight is 447 g/mol. The fourth-order valence-electron chi connectivity index (χ4n) is 3.07. The molecule has 30 heavy (non-hydrogen) atoms. The summed E-state index contributed by atoms with van der Waals surface area (Å²) in [5.41, 5.74) is 1.45. The van der Waals surface area contributed by atoms with Crippen molar-refractivity contribution < 1.29 is 18.9 Å². The Morgan fingerprint density at radius 3 is 1.80 bits per heavy atom. The van der Waals surface area contributed by atoms with Crippen LogP contribution in [-0.2, 0) is 0 Å². The van der Waals surface area contributed by atoms with Crippen molar-refractivity contribution in [1.29, 1.82) is 0 Å². The van der Waals surface area contributed by atoms with E-state index in [4.69, 9.17) is 42.1 Å². The quantitative estimate of drug-likeness (QED) is 0.551. The van der Waals surface area contributed by atoms with Crippen molar-refractivity contribution in [2.45, 2.75) is 0 Å². The summed E-state index contributed by atoms with van der Waals surface area (Å²) in [6.07, 6.45) is 0. The predicted octanol–water partition coefficient (Wildman–Crippen LogP) is 4.81. The molecule has 0 radical (unpaired) electrons. The second-order valence-corrected chi connectivity index (χ2v) is 7.20. The Labute approximate surface area is 182 Å². The highest BCUT2D eigenvalue weighted by molar-refractivity contribution is 6.42. The first-order valence-electron chi connectivity index (χ1n) is 9.22. The van der Waals surface area contributed by atoms with Crippen LogP contribution in [0.15, 0.2) is 36.4 Å². The minimum Gasteiger partial charge on any atom is -0.486 e. The van der Waals surface area contributed by atoms with Gasteiger partial charge in [0, 0.05) is 23.5 Å². The molecule has 0 atom stereocenters. The van der Waals surface area contributed by atoms with E-state index in [9.17, 15) is 0 Å². The second kappa shape index (κ2) is 7.97. The molecular weight excluding hydrogens is 431 g/mol. The molecule has 8 nitrogen and oxygen atoms in total. The smallest absolute Gasteiger partial charge is 0.230 e. The zero-order chi connectivity index (χ0) is 20.5. The Morgan fingerprint density at radius 2 is 1.20 bits per heavy atom. The molecule has 0 fully saturated rings. The van der Waals surface area contributed by atoms with E-state index < -0.39 is 0 Å². The third kappa shape index (κ3) is 3.83. The highest BCUT2D eigenvalue weighted by Crippen LogP contribution is 2.37. The van der Waals surface area contributed by atoms with Gasteiger partial charge >= 0.3 is 0 Å². The van der Waals surface area contributed by atoms with E-state index in [1.54, 1.807) is 0 Å². The normalized spacial score (nSPS) is 14.2. The summed E-state index contributed by atoms with van der Waals surface area (Å²) in [5, 5.41) is 6.59. The Hall–Kier alpha value is -3.10. The van der Waals surface area contributed by atoms with Crippen LogP contribution in [0.25, 0.3) is 0 Å². The molecule has 0 unspecified atom stereocenters. The average Bonchev–Trinajstić information content (AvgIpc) is 2.77. The molecule has 0 amide bonds. The highest BCUT2D eigenvalue weighted by atomic mass is 35.5. The number of ether oxygens (including phenoxy) is 4. The molecule has 2 N–H and O–H groups in total. The van der Waals surface area contributed by atoms with E-state index in [1.807, 2.05) is 36.4 Å². The summed E-state index contributed by atoms with van der Waals surface area (Å²) >= 11 is 12.5. The molecule has 2 aromatic carbocycles. The van der Waals surface area contributed by atoms with Crippen molar-refractivity contribution in [1.82, 2.24) is 9.97 Å². The zero-order valence-electron chi connectivity index (χ0n) is 15.6. The Balaban J connectivity index is 1.40.